The van der Waals surface area contributed by atoms with Crippen LogP contribution in [0.1, 0.15) is 52.0 Å². The summed E-state index contributed by atoms with van der Waals surface area (Å²) in [6.45, 7) is 3.28. The summed E-state index contributed by atoms with van der Waals surface area (Å²) in [4.78, 5) is 27.6. The summed E-state index contributed by atoms with van der Waals surface area (Å²) in [5.41, 5.74) is 2.70. The van der Waals surface area contributed by atoms with Gasteiger partial charge in [-0.15, -0.1) is 21.5 Å². The fourth-order valence-corrected chi connectivity index (χ4v) is 6.91. The summed E-state index contributed by atoms with van der Waals surface area (Å²) in [7, 11) is 1.60. The Bertz CT molecular complexity index is 1500. The van der Waals surface area contributed by atoms with E-state index in [4.69, 9.17) is 9.47 Å². The first kappa shape index (κ1) is 28.7. The average Bonchev–Trinajstić information content (AvgIpc) is 3.58. The first-order valence-corrected chi connectivity index (χ1v) is 15.4. The van der Waals surface area contributed by atoms with Crippen LogP contribution in [0.3, 0.4) is 0 Å². The monoisotopic (exact) mass is 591 g/mol. The van der Waals surface area contributed by atoms with E-state index in [1.807, 2.05) is 66.1 Å². The first-order valence-electron chi connectivity index (χ1n) is 13.6. The van der Waals surface area contributed by atoms with Crippen LogP contribution in [0.25, 0.3) is 0 Å². The van der Waals surface area contributed by atoms with E-state index < -0.39 is 0 Å². The highest BCUT2D eigenvalue weighted by Crippen LogP contribution is 2.38. The third-order valence-corrected chi connectivity index (χ3v) is 8.99. The molecular weight excluding hydrogens is 558 g/mol. The number of methoxy groups -OCH3 is 1. The van der Waals surface area contributed by atoms with Gasteiger partial charge in [0, 0.05) is 18.0 Å². The van der Waals surface area contributed by atoms with Gasteiger partial charge in [0.15, 0.2) is 22.5 Å². The zero-order valence-electron chi connectivity index (χ0n) is 23.1. The second-order valence-electron chi connectivity index (χ2n) is 9.50. The zero-order chi connectivity index (χ0) is 28.6. The smallest absolute Gasteiger partial charge is 0.254 e. The molecule has 0 spiro atoms. The van der Waals surface area contributed by atoms with Gasteiger partial charge in [-0.3, -0.25) is 9.59 Å². The Labute approximate surface area is 247 Å². The molecule has 0 saturated heterocycles. The quantitative estimate of drug-likeness (QED) is 0.210. The van der Waals surface area contributed by atoms with Crippen molar-refractivity contribution in [3.05, 3.63) is 82.0 Å². The number of carbonyl (C=O) groups excluding carboxylic acids is 2. The molecule has 0 atom stereocenters. The van der Waals surface area contributed by atoms with Crippen molar-refractivity contribution in [2.24, 2.45) is 0 Å². The van der Waals surface area contributed by atoms with Crippen LogP contribution in [0.2, 0.25) is 0 Å². The Morgan fingerprint density at radius 1 is 1.02 bits per heavy atom. The molecule has 9 nitrogen and oxygen atoms in total. The maximum absolute atomic E-state index is 13.3. The van der Waals surface area contributed by atoms with Crippen molar-refractivity contribution in [3.63, 3.8) is 0 Å². The minimum Gasteiger partial charge on any atom is -0.493 e. The van der Waals surface area contributed by atoms with Crippen LogP contribution in [-0.2, 0) is 37.3 Å². The predicted octanol–water partition coefficient (Wildman–Crippen LogP) is 5.49. The molecule has 2 amide bonds. The molecule has 2 aromatic heterocycles. The molecule has 0 saturated carbocycles. The van der Waals surface area contributed by atoms with Crippen LogP contribution >= 0.6 is 23.1 Å². The van der Waals surface area contributed by atoms with Gasteiger partial charge in [-0.2, -0.15) is 0 Å². The van der Waals surface area contributed by atoms with E-state index in [0.29, 0.717) is 46.1 Å². The van der Waals surface area contributed by atoms with Crippen molar-refractivity contribution >= 4 is 39.9 Å². The van der Waals surface area contributed by atoms with Crippen LogP contribution in [0.15, 0.2) is 59.8 Å². The summed E-state index contributed by atoms with van der Waals surface area (Å²) in [6.07, 6.45) is 3.92. The molecule has 41 heavy (non-hydrogen) atoms. The number of aromatic nitrogens is 3. The normalized spacial score (nSPS) is 12.4. The Hall–Kier alpha value is -3.83. The van der Waals surface area contributed by atoms with Gasteiger partial charge in [-0.05, 0) is 55.9 Å². The number of carbonyl (C=O) groups is 2. The molecule has 1 aliphatic carbocycles. The number of nitrogens with zero attached hydrogens (tertiary/aromatic N) is 3. The van der Waals surface area contributed by atoms with Gasteiger partial charge in [0.1, 0.15) is 11.6 Å². The summed E-state index contributed by atoms with van der Waals surface area (Å²) >= 11 is 2.83. The van der Waals surface area contributed by atoms with Crippen LogP contribution in [-0.4, -0.2) is 39.4 Å². The van der Waals surface area contributed by atoms with Crippen molar-refractivity contribution < 1.29 is 19.1 Å². The molecule has 5 rings (SSSR count). The number of anilines is 1. The number of fused-ring (bicyclic) bond motifs is 1. The minimum atomic E-state index is -0.191. The highest BCUT2D eigenvalue weighted by atomic mass is 32.2. The molecule has 11 heteroatoms. The summed E-state index contributed by atoms with van der Waals surface area (Å²) in [5.74, 6) is 1.72. The van der Waals surface area contributed by atoms with Gasteiger partial charge in [-0.25, -0.2) is 0 Å². The first-order chi connectivity index (χ1) is 20.1. The molecule has 2 aromatic carbocycles. The van der Waals surface area contributed by atoms with Crippen molar-refractivity contribution in [1.29, 1.82) is 0 Å². The lowest BCUT2D eigenvalue weighted by atomic mass is 9.95. The van der Waals surface area contributed by atoms with E-state index in [1.54, 1.807) is 7.11 Å². The number of thioether (sulfide) groups is 1. The van der Waals surface area contributed by atoms with E-state index in [2.05, 4.69) is 20.8 Å². The predicted molar refractivity (Wildman–Crippen MR) is 161 cm³/mol. The van der Waals surface area contributed by atoms with Crippen LogP contribution in [0.4, 0.5) is 5.00 Å². The summed E-state index contributed by atoms with van der Waals surface area (Å²) < 4.78 is 13.2. The van der Waals surface area contributed by atoms with Gasteiger partial charge in [0.2, 0.25) is 5.91 Å². The lowest BCUT2D eigenvalue weighted by Gasteiger charge is -2.13. The Balaban J connectivity index is 1.23. The fraction of sp³-hybridized carbons (Fsp3) is 0.333. The van der Waals surface area contributed by atoms with Crippen molar-refractivity contribution in [2.75, 3.05) is 18.2 Å². The van der Waals surface area contributed by atoms with Gasteiger partial charge in [0.05, 0.1) is 18.4 Å². The number of amides is 2. The third kappa shape index (κ3) is 6.91. The summed E-state index contributed by atoms with van der Waals surface area (Å²) in [6, 6.07) is 17.2. The van der Waals surface area contributed by atoms with E-state index in [-0.39, 0.29) is 24.2 Å². The van der Waals surface area contributed by atoms with Crippen LogP contribution in [0.5, 0.6) is 11.5 Å². The number of hydrogen-bond donors (Lipinski definition) is 2. The maximum Gasteiger partial charge on any atom is 0.254 e. The standard InChI is InChI=1S/C30H33N5O4S2/c1-3-35-25(18-39-23-15-9-8-14-22(23)38-2)33-34-30(35)40-19-26(36)32-29-27(21-13-7-10-16-24(21)41-29)28(37)31-17-20-11-5-4-6-12-20/h4-6,8-9,11-12,14-15H,3,7,10,13,16-19H2,1-2H3,(H,31,37)(H,32,36). The molecule has 0 unspecified atom stereocenters. The number of ether oxygens (including phenoxy) is 2. The molecular formula is C30H33N5O4S2. The Kier molecular flexibility index (Phi) is 9.58. The molecule has 214 valence electrons. The molecule has 2 N–H and O–H groups in total. The van der Waals surface area contributed by atoms with Crippen LogP contribution < -0.4 is 20.1 Å². The number of nitrogens with one attached hydrogen (secondary N) is 2. The topological polar surface area (TPSA) is 107 Å². The average molecular weight is 592 g/mol. The molecule has 2 heterocycles. The highest BCUT2D eigenvalue weighted by Gasteiger charge is 2.26. The lowest BCUT2D eigenvalue weighted by Crippen LogP contribution is -2.25. The number of para-hydroxylation sites is 2. The van der Waals surface area contributed by atoms with E-state index >= 15 is 0 Å². The molecule has 0 fully saturated rings. The van der Waals surface area contributed by atoms with Crippen molar-refractivity contribution in [3.8, 4) is 11.5 Å². The number of benzene rings is 2. The molecule has 0 bridgehead atoms. The van der Waals surface area contributed by atoms with E-state index in [9.17, 15) is 9.59 Å². The number of hydrogen-bond acceptors (Lipinski definition) is 8. The maximum atomic E-state index is 13.3. The van der Waals surface area contributed by atoms with Crippen LogP contribution in [0, 0.1) is 0 Å². The van der Waals surface area contributed by atoms with Crippen molar-refractivity contribution in [2.45, 2.75) is 57.5 Å². The SMILES string of the molecule is CCn1c(COc2ccccc2OC)nnc1SCC(=O)Nc1sc2c(c1C(=O)NCc1ccccc1)CCCC2. The van der Waals surface area contributed by atoms with Gasteiger partial charge >= 0.3 is 0 Å². The fourth-order valence-electron chi connectivity index (χ4n) is 4.78. The third-order valence-electron chi connectivity index (χ3n) is 6.82. The van der Waals surface area contributed by atoms with E-state index in [0.717, 1.165) is 36.8 Å². The lowest BCUT2D eigenvalue weighted by molar-refractivity contribution is -0.113. The molecule has 1 aliphatic rings. The molecule has 0 aliphatic heterocycles. The largest absolute Gasteiger partial charge is 0.493 e. The van der Waals surface area contributed by atoms with Gasteiger partial charge in [-0.1, -0.05) is 54.2 Å². The Morgan fingerprint density at radius 2 is 1.78 bits per heavy atom. The summed E-state index contributed by atoms with van der Waals surface area (Å²) in [5, 5.41) is 15.9. The Morgan fingerprint density at radius 3 is 2.56 bits per heavy atom. The highest BCUT2D eigenvalue weighted by molar-refractivity contribution is 7.99. The number of rotatable bonds is 12. The van der Waals surface area contributed by atoms with E-state index in [1.165, 1.54) is 28.0 Å². The second kappa shape index (κ2) is 13.7. The number of aryl methyl sites for hydroxylation is 1. The number of thiophene rings is 1. The second-order valence-corrected chi connectivity index (χ2v) is 11.6. The molecule has 4 aromatic rings. The van der Waals surface area contributed by atoms with Gasteiger partial charge in [0.25, 0.3) is 5.91 Å². The van der Waals surface area contributed by atoms with Crippen molar-refractivity contribution in [1.82, 2.24) is 20.1 Å². The van der Waals surface area contributed by atoms with Gasteiger partial charge < -0.3 is 24.7 Å². The zero-order valence-corrected chi connectivity index (χ0v) is 24.8. The minimum absolute atomic E-state index is 0.138. The molecule has 0 radical (unpaired) electrons.